The second-order valence-corrected chi connectivity index (χ2v) is 7.11. The summed E-state index contributed by atoms with van der Waals surface area (Å²) in [6, 6.07) is 11.1. The molecule has 6 heteroatoms. The molecule has 0 fully saturated rings. The Kier molecular flexibility index (Phi) is 4.94. The number of benzene rings is 2. The van der Waals surface area contributed by atoms with E-state index in [1.807, 2.05) is 38.1 Å². The lowest BCUT2D eigenvalue weighted by Crippen LogP contribution is -2.41. The molecule has 6 nitrogen and oxygen atoms in total. The lowest BCUT2D eigenvalue weighted by molar-refractivity contribution is -0.130. The van der Waals surface area contributed by atoms with E-state index in [1.165, 1.54) is 0 Å². The minimum atomic E-state index is -0.830. The van der Waals surface area contributed by atoms with Gasteiger partial charge in [0.2, 0.25) is 0 Å². The summed E-state index contributed by atoms with van der Waals surface area (Å²) in [5.41, 5.74) is 3.30. The standard InChI is InChI=1S/C22H23NO5/c1-3-26-18-10-15-8-13(2)27-19(15)11-16(18)12-23-21(24)20-9-14-6-4-5-7-17(14)22(25)28-20/h4-7,10-11,13,20H,3,8-9,12H2,1-2H3,(H,23,24)/t13-,20+/m0/s1. The summed E-state index contributed by atoms with van der Waals surface area (Å²) >= 11 is 0. The van der Waals surface area contributed by atoms with E-state index >= 15 is 0 Å². The van der Waals surface area contributed by atoms with E-state index in [2.05, 4.69) is 5.32 Å². The van der Waals surface area contributed by atoms with E-state index in [1.54, 1.807) is 12.1 Å². The van der Waals surface area contributed by atoms with Gasteiger partial charge in [-0.2, -0.15) is 0 Å². The van der Waals surface area contributed by atoms with Crippen LogP contribution in [-0.2, 0) is 28.9 Å². The fourth-order valence-electron chi connectivity index (χ4n) is 3.68. The molecule has 28 heavy (non-hydrogen) atoms. The molecule has 2 aromatic carbocycles. The van der Waals surface area contributed by atoms with Crippen molar-refractivity contribution in [3.8, 4) is 11.5 Å². The number of rotatable bonds is 5. The first kappa shape index (κ1) is 18.3. The molecule has 2 aromatic rings. The first-order valence-electron chi connectivity index (χ1n) is 9.57. The highest BCUT2D eigenvalue weighted by atomic mass is 16.5. The van der Waals surface area contributed by atoms with E-state index in [-0.39, 0.29) is 18.6 Å². The first-order chi connectivity index (χ1) is 13.5. The number of hydrogen-bond acceptors (Lipinski definition) is 5. The maximum Gasteiger partial charge on any atom is 0.339 e. The van der Waals surface area contributed by atoms with Crippen LogP contribution in [0.15, 0.2) is 36.4 Å². The van der Waals surface area contributed by atoms with Crippen LogP contribution in [0.4, 0.5) is 0 Å². The fraction of sp³-hybridized carbons (Fsp3) is 0.364. The van der Waals surface area contributed by atoms with E-state index in [4.69, 9.17) is 14.2 Å². The van der Waals surface area contributed by atoms with Gasteiger partial charge in [0.1, 0.15) is 17.6 Å². The molecule has 0 saturated carbocycles. The van der Waals surface area contributed by atoms with Crippen molar-refractivity contribution in [2.75, 3.05) is 6.61 Å². The van der Waals surface area contributed by atoms with Crippen LogP contribution < -0.4 is 14.8 Å². The molecule has 0 aromatic heterocycles. The Bertz CT molecular complexity index is 923. The average Bonchev–Trinajstić information content (AvgIpc) is 3.05. The number of hydrogen-bond donors (Lipinski definition) is 1. The zero-order valence-corrected chi connectivity index (χ0v) is 16.0. The SMILES string of the molecule is CCOc1cc2c(cc1CNC(=O)[C@H]1Cc3ccccc3C(=O)O1)O[C@@H](C)C2. The predicted octanol–water partition coefficient (Wildman–Crippen LogP) is 2.81. The third-order valence-corrected chi connectivity index (χ3v) is 5.02. The Labute approximate surface area is 163 Å². The van der Waals surface area contributed by atoms with Crippen LogP contribution >= 0.6 is 0 Å². The number of esters is 1. The van der Waals surface area contributed by atoms with Crippen molar-refractivity contribution in [1.82, 2.24) is 5.32 Å². The Morgan fingerprint density at radius 1 is 1.18 bits per heavy atom. The van der Waals surface area contributed by atoms with Gasteiger partial charge in [-0.15, -0.1) is 0 Å². The Morgan fingerprint density at radius 3 is 2.82 bits per heavy atom. The summed E-state index contributed by atoms with van der Waals surface area (Å²) in [5.74, 6) is 0.792. The van der Waals surface area contributed by atoms with Gasteiger partial charge in [0, 0.05) is 30.5 Å². The van der Waals surface area contributed by atoms with E-state index < -0.39 is 12.1 Å². The number of carbonyl (C=O) groups excluding carboxylic acids is 2. The molecular weight excluding hydrogens is 358 g/mol. The summed E-state index contributed by atoms with van der Waals surface area (Å²) in [6.45, 7) is 4.76. The van der Waals surface area contributed by atoms with E-state index in [9.17, 15) is 9.59 Å². The van der Waals surface area contributed by atoms with Crippen molar-refractivity contribution in [3.63, 3.8) is 0 Å². The summed E-state index contributed by atoms with van der Waals surface area (Å²) in [7, 11) is 0. The number of amides is 1. The molecule has 0 spiro atoms. The van der Waals surface area contributed by atoms with Crippen molar-refractivity contribution in [1.29, 1.82) is 0 Å². The number of nitrogens with one attached hydrogen (secondary N) is 1. The zero-order chi connectivity index (χ0) is 19.7. The normalized spacial score (nSPS) is 19.9. The molecule has 1 N–H and O–H groups in total. The van der Waals surface area contributed by atoms with Gasteiger partial charge in [-0.3, -0.25) is 4.79 Å². The van der Waals surface area contributed by atoms with Gasteiger partial charge in [0.05, 0.1) is 12.2 Å². The third kappa shape index (κ3) is 3.54. The van der Waals surface area contributed by atoms with Crippen molar-refractivity contribution in [2.45, 2.75) is 45.4 Å². The minimum absolute atomic E-state index is 0.135. The van der Waals surface area contributed by atoms with Crippen molar-refractivity contribution < 1.29 is 23.8 Å². The molecule has 146 valence electrons. The Morgan fingerprint density at radius 2 is 2.00 bits per heavy atom. The van der Waals surface area contributed by atoms with Gasteiger partial charge >= 0.3 is 5.97 Å². The molecule has 2 atom stereocenters. The number of cyclic esters (lactones) is 1. The lowest BCUT2D eigenvalue weighted by atomic mass is 9.98. The second-order valence-electron chi connectivity index (χ2n) is 7.11. The molecule has 2 aliphatic heterocycles. The molecule has 2 aliphatic rings. The van der Waals surface area contributed by atoms with Gasteiger partial charge in [-0.1, -0.05) is 18.2 Å². The lowest BCUT2D eigenvalue weighted by Gasteiger charge is -2.24. The van der Waals surface area contributed by atoms with Crippen LogP contribution in [0.2, 0.25) is 0 Å². The summed E-state index contributed by atoms with van der Waals surface area (Å²) in [4.78, 5) is 24.8. The van der Waals surface area contributed by atoms with Gasteiger partial charge < -0.3 is 19.5 Å². The van der Waals surface area contributed by atoms with Gasteiger partial charge in [-0.05, 0) is 37.6 Å². The van der Waals surface area contributed by atoms with Crippen LogP contribution in [0.25, 0.3) is 0 Å². The average molecular weight is 381 g/mol. The van der Waals surface area contributed by atoms with Crippen LogP contribution in [-0.4, -0.2) is 30.7 Å². The monoisotopic (exact) mass is 381 g/mol. The topological polar surface area (TPSA) is 73.9 Å². The maximum absolute atomic E-state index is 12.6. The van der Waals surface area contributed by atoms with Crippen molar-refractivity contribution in [2.24, 2.45) is 0 Å². The quantitative estimate of drug-likeness (QED) is 0.807. The van der Waals surface area contributed by atoms with Gasteiger partial charge in [0.15, 0.2) is 6.10 Å². The fourth-order valence-corrected chi connectivity index (χ4v) is 3.68. The Hall–Kier alpha value is -3.02. The highest BCUT2D eigenvalue weighted by Gasteiger charge is 2.31. The number of fused-ring (bicyclic) bond motifs is 2. The van der Waals surface area contributed by atoms with Crippen molar-refractivity contribution >= 4 is 11.9 Å². The van der Waals surface area contributed by atoms with E-state index in [0.717, 1.165) is 34.6 Å². The van der Waals surface area contributed by atoms with Crippen LogP contribution in [0.3, 0.4) is 0 Å². The zero-order valence-electron chi connectivity index (χ0n) is 16.0. The van der Waals surface area contributed by atoms with Crippen LogP contribution in [0.1, 0.15) is 40.9 Å². The van der Waals surface area contributed by atoms with Gasteiger partial charge in [-0.25, -0.2) is 4.79 Å². The molecule has 0 unspecified atom stereocenters. The minimum Gasteiger partial charge on any atom is -0.494 e. The predicted molar refractivity (Wildman–Crippen MR) is 103 cm³/mol. The molecule has 0 radical (unpaired) electrons. The molecule has 4 rings (SSSR count). The third-order valence-electron chi connectivity index (χ3n) is 5.02. The largest absolute Gasteiger partial charge is 0.494 e. The molecule has 0 aliphatic carbocycles. The van der Waals surface area contributed by atoms with E-state index in [0.29, 0.717) is 18.6 Å². The molecule has 0 saturated heterocycles. The first-order valence-corrected chi connectivity index (χ1v) is 9.57. The highest BCUT2D eigenvalue weighted by molar-refractivity contribution is 5.95. The second kappa shape index (κ2) is 7.54. The smallest absolute Gasteiger partial charge is 0.339 e. The summed E-state index contributed by atoms with van der Waals surface area (Å²) in [6.07, 6.45) is 0.524. The van der Waals surface area contributed by atoms with Crippen LogP contribution in [0, 0.1) is 0 Å². The molecule has 1 amide bonds. The molecule has 2 heterocycles. The summed E-state index contributed by atoms with van der Waals surface area (Å²) in [5, 5.41) is 2.87. The van der Waals surface area contributed by atoms with Crippen molar-refractivity contribution in [3.05, 3.63) is 58.7 Å². The maximum atomic E-state index is 12.6. The summed E-state index contributed by atoms with van der Waals surface area (Å²) < 4.78 is 16.9. The Balaban J connectivity index is 1.47. The highest BCUT2D eigenvalue weighted by Crippen LogP contribution is 2.35. The number of carbonyl (C=O) groups is 2. The molecule has 0 bridgehead atoms. The van der Waals surface area contributed by atoms with Gasteiger partial charge in [0.25, 0.3) is 5.91 Å². The number of ether oxygens (including phenoxy) is 3. The molecular formula is C22H23NO5. The van der Waals surface area contributed by atoms with Crippen LogP contribution in [0.5, 0.6) is 11.5 Å².